The minimum Gasteiger partial charge on any atom is -0.383 e. The van der Waals surface area contributed by atoms with Gasteiger partial charge in [0.15, 0.2) is 0 Å². The molecule has 7 nitrogen and oxygen atoms in total. The molecule has 1 saturated heterocycles. The molecule has 1 aliphatic heterocycles. The Morgan fingerprint density at radius 1 is 1.24 bits per heavy atom. The molecule has 0 amide bonds. The van der Waals surface area contributed by atoms with Crippen molar-refractivity contribution in [2.75, 3.05) is 60.2 Å². The highest BCUT2D eigenvalue weighted by molar-refractivity contribution is 7.87. The van der Waals surface area contributed by atoms with E-state index in [0.717, 1.165) is 19.5 Å². The van der Waals surface area contributed by atoms with E-state index in [1.807, 2.05) is 0 Å². The molecule has 0 aliphatic carbocycles. The number of ether oxygens (including phenoxy) is 2. The topological polar surface area (TPSA) is 79.9 Å². The molecular formula is C13H29N3O4S. The molecule has 1 fully saturated rings. The molecule has 1 rings (SSSR count). The van der Waals surface area contributed by atoms with Gasteiger partial charge in [-0.3, -0.25) is 0 Å². The number of methoxy groups -OCH3 is 2. The van der Waals surface area contributed by atoms with Crippen molar-refractivity contribution in [1.29, 1.82) is 0 Å². The smallest absolute Gasteiger partial charge is 0.279 e. The zero-order valence-electron chi connectivity index (χ0n) is 13.1. The van der Waals surface area contributed by atoms with Crippen LogP contribution in [0.1, 0.15) is 19.3 Å². The second-order valence-electron chi connectivity index (χ2n) is 5.29. The van der Waals surface area contributed by atoms with Crippen molar-refractivity contribution in [3.8, 4) is 0 Å². The van der Waals surface area contributed by atoms with Crippen molar-refractivity contribution in [3.05, 3.63) is 0 Å². The molecule has 8 heteroatoms. The molecule has 0 aromatic heterocycles. The predicted molar refractivity (Wildman–Crippen MR) is 82.5 cm³/mol. The third-order valence-electron chi connectivity index (χ3n) is 3.67. The van der Waals surface area contributed by atoms with Crippen molar-refractivity contribution in [1.82, 2.24) is 14.3 Å². The van der Waals surface area contributed by atoms with Crippen LogP contribution in [0.5, 0.6) is 0 Å². The van der Waals surface area contributed by atoms with E-state index >= 15 is 0 Å². The van der Waals surface area contributed by atoms with Crippen LogP contribution in [0.4, 0.5) is 0 Å². The predicted octanol–water partition coefficient (Wildman–Crippen LogP) is -0.195. The molecule has 1 heterocycles. The third kappa shape index (κ3) is 7.53. The monoisotopic (exact) mass is 323 g/mol. The molecule has 126 valence electrons. The molecule has 0 radical (unpaired) electrons. The van der Waals surface area contributed by atoms with E-state index in [1.54, 1.807) is 14.2 Å². The number of hydrogen-bond donors (Lipinski definition) is 2. The molecule has 0 spiro atoms. The summed E-state index contributed by atoms with van der Waals surface area (Å²) in [6, 6.07) is 0. The van der Waals surface area contributed by atoms with E-state index in [2.05, 4.69) is 10.0 Å². The van der Waals surface area contributed by atoms with Crippen LogP contribution in [-0.2, 0) is 19.7 Å². The Morgan fingerprint density at radius 2 is 1.90 bits per heavy atom. The van der Waals surface area contributed by atoms with Crippen LogP contribution in [0.15, 0.2) is 0 Å². The van der Waals surface area contributed by atoms with Gasteiger partial charge in [-0.05, 0) is 38.3 Å². The summed E-state index contributed by atoms with van der Waals surface area (Å²) < 4.78 is 38.5. The van der Waals surface area contributed by atoms with E-state index in [1.165, 1.54) is 17.1 Å². The van der Waals surface area contributed by atoms with Crippen LogP contribution in [0.3, 0.4) is 0 Å². The van der Waals surface area contributed by atoms with Crippen molar-refractivity contribution >= 4 is 10.2 Å². The Morgan fingerprint density at radius 3 is 2.43 bits per heavy atom. The zero-order chi connectivity index (χ0) is 15.6. The first-order valence-corrected chi connectivity index (χ1v) is 8.97. The first-order chi connectivity index (χ1) is 10.1. The fourth-order valence-electron chi connectivity index (χ4n) is 2.39. The van der Waals surface area contributed by atoms with Gasteiger partial charge in [-0.15, -0.1) is 0 Å². The Balaban J connectivity index is 2.38. The number of nitrogens with one attached hydrogen (secondary N) is 2. The lowest BCUT2D eigenvalue weighted by molar-refractivity contribution is 0.149. The summed E-state index contributed by atoms with van der Waals surface area (Å²) in [7, 11) is -0.344. The molecule has 1 aliphatic rings. The van der Waals surface area contributed by atoms with Crippen LogP contribution in [-0.4, -0.2) is 72.9 Å². The van der Waals surface area contributed by atoms with E-state index in [0.29, 0.717) is 38.8 Å². The fourth-order valence-corrected chi connectivity index (χ4v) is 3.58. The van der Waals surface area contributed by atoms with Crippen molar-refractivity contribution in [3.63, 3.8) is 0 Å². The molecule has 0 bridgehead atoms. The number of piperidine rings is 1. The van der Waals surface area contributed by atoms with Crippen molar-refractivity contribution < 1.29 is 17.9 Å². The second kappa shape index (κ2) is 10.5. The highest BCUT2D eigenvalue weighted by atomic mass is 32.2. The van der Waals surface area contributed by atoms with Gasteiger partial charge >= 0.3 is 0 Å². The van der Waals surface area contributed by atoms with Gasteiger partial charge in [0.05, 0.1) is 13.2 Å². The lowest BCUT2D eigenvalue weighted by atomic mass is 9.96. The zero-order valence-corrected chi connectivity index (χ0v) is 14.0. The summed E-state index contributed by atoms with van der Waals surface area (Å²) in [5.74, 6) is 0.563. The summed E-state index contributed by atoms with van der Waals surface area (Å²) in [5.41, 5.74) is 0. The molecular weight excluding hydrogens is 294 g/mol. The van der Waals surface area contributed by atoms with E-state index < -0.39 is 10.2 Å². The molecule has 0 aromatic carbocycles. The second-order valence-corrected chi connectivity index (χ2v) is 7.04. The summed E-state index contributed by atoms with van der Waals surface area (Å²) in [5, 5.41) is 3.34. The average molecular weight is 323 g/mol. The first-order valence-electron chi connectivity index (χ1n) is 7.53. The lowest BCUT2D eigenvalue weighted by Gasteiger charge is -2.24. The molecule has 0 saturated carbocycles. The number of rotatable bonds is 11. The summed E-state index contributed by atoms with van der Waals surface area (Å²) in [4.78, 5) is 0. The van der Waals surface area contributed by atoms with E-state index in [9.17, 15) is 8.42 Å². The largest absolute Gasteiger partial charge is 0.383 e. The molecule has 1 unspecified atom stereocenters. The number of nitrogens with zero attached hydrogens (tertiary/aromatic N) is 1. The highest BCUT2D eigenvalue weighted by Gasteiger charge is 2.21. The van der Waals surface area contributed by atoms with Gasteiger partial charge in [0.1, 0.15) is 0 Å². The van der Waals surface area contributed by atoms with E-state index in [4.69, 9.17) is 9.47 Å². The maximum absolute atomic E-state index is 12.3. The maximum atomic E-state index is 12.3. The fraction of sp³-hybridized carbons (Fsp3) is 1.00. The van der Waals surface area contributed by atoms with Crippen LogP contribution in [0.2, 0.25) is 0 Å². The van der Waals surface area contributed by atoms with Crippen molar-refractivity contribution in [2.45, 2.75) is 19.3 Å². The average Bonchev–Trinajstić information content (AvgIpc) is 2.48. The Labute approximate surface area is 128 Å². The summed E-state index contributed by atoms with van der Waals surface area (Å²) in [6.07, 6.45) is 3.21. The van der Waals surface area contributed by atoms with Crippen molar-refractivity contribution in [2.24, 2.45) is 5.92 Å². The Hall–Kier alpha value is -0.250. The number of hydrogen-bond acceptors (Lipinski definition) is 5. The molecule has 2 N–H and O–H groups in total. The van der Waals surface area contributed by atoms with Gasteiger partial charge < -0.3 is 14.8 Å². The first kappa shape index (κ1) is 18.8. The lowest BCUT2D eigenvalue weighted by Crippen LogP contribution is -2.44. The van der Waals surface area contributed by atoms with Gasteiger partial charge in [0.2, 0.25) is 0 Å². The quantitative estimate of drug-likeness (QED) is 0.551. The minimum atomic E-state index is -3.46. The van der Waals surface area contributed by atoms with Crippen LogP contribution in [0.25, 0.3) is 0 Å². The van der Waals surface area contributed by atoms with Gasteiger partial charge in [-0.25, -0.2) is 4.72 Å². The van der Waals surface area contributed by atoms with Crippen LogP contribution in [0, 0.1) is 5.92 Å². The maximum Gasteiger partial charge on any atom is 0.279 e. The van der Waals surface area contributed by atoms with Crippen LogP contribution >= 0.6 is 0 Å². The Kier molecular flexibility index (Phi) is 9.37. The normalized spacial score (nSPS) is 20.0. The molecule has 21 heavy (non-hydrogen) atoms. The third-order valence-corrected chi connectivity index (χ3v) is 5.28. The highest BCUT2D eigenvalue weighted by Crippen LogP contribution is 2.13. The van der Waals surface area contributed by atoms with Gasteiger partial charge in [0, 0.05) is 33.9 Å². The summed E-state index contributed by atoms with van der Waals surface area (Å²) in [6.45, 7) is 3.95. The van der Waals surface area contributed by atoms with Gasteiger partial charge in [0.25, 0.3) is 10.2 Å². The molecule has 0 aromatic rings. The van der Waals surface area contributed by atoms with E-state index in [-0.39, 0.29) is 0 Å². The standard InChI is InChI=1S/C13H29N3O4S/c1-19-10-8-16(9-11-20-2)21(17,18)15-7-5-13-4-3-6-14-12-13/h13-15H,3-12H2,1-2H3. The SMILES string of the molecule is COCCN(CCOC)S(=O)(=O)NCCC1CCCNC1. The molecule has 1 atom stereocenters. The minimum absolute atomic E-state index is 0.334. The van der Waals surface area contributed by atoms with Crippen LogP contribution < -0.4 is 10.0 Å². The Bertz CT molecular complexity index is 350. The van der Waals surface area contributed by atoms with Gasteiger partial charge in [-0.2, -0.15) is 12.7 Å². The van der Waals surface area contributed by atoms with Gasteiger partial charge in [-0.1, -0.05) is 0 Å². The summed E-state index contributed by atoms with van der Waals surface area (Å²) >= 11 is 0.